The van der Waals surface area contributed by atoms with Crippen LogP contribution in [0.5, 0.6) is 29.0 Å². The van der Waals surface area contributed by atoms with Crippen LogP contribution in [0.1, 0.15) is 71.2 Å². The molecule has 14 heteroatoms. The first-order chi connectivity index (χ1) is 25.4. The van der Waals surface area contributed by atoms with E-state index in [4.69, 9.17) is 43.5 Å². The van der Waals surface area contributed by atoms with Crippen molar-refractivity contribution in [2.45, 2.75) is 91.8 Å². The molecule has 1 amide bonds. The molecule has 0 saturated carbocycles. The quantitative estimate of drug-likeness (QED) is 0.135. The summed E-state index contributed by atoms with van der Waals surface area (Å²) in [5, 5.41) is 4.90. The summed E-state index contributed by atoms with van der Waals surface area (Å²) in [4.78, 5) is 29.0. The number of rotatable bonds is 15. The largest absolute Gasteiger partial charge is 0.497 e. The van der Waals surface area contributed by atoms with Gasteiger partial charge in [-0.2, -0.15) is 4.98 Å². The number of fused-ring (bicyclic) bond motifs is 1. The van der Waals surface area contributed by atoms with Gasteiger partial charge in [-0.05, 0) is 65.3 Å². The Morgan fingerprint density at radius 2 is 1.57 bits per heavy atom. The van der Waals surface area contributed by atoms with Crippen molar-refractivity contribution in [3.8, 4) is 29.0 Å². The average molecular weight is 734 g/mol. The van der Waals surface area contributed by atoms with Crippen LogP contribution in [0, 0.1) is 0 Å². The molecule has 1 saturated heterocycles. The van der Waals surface area contributed by atoms with Crippen LogP contribution in [0.15, 0.2) is 42.6 Å². The summed E-state index contributed by atoms with van der Waals surface area (Å²) in [5.74, 6) is 3.33. The molecule has 0 N–H and O–H groups in total. The third kappa shape index (κ3) is 9.72. The van der Waals surface area contributed by atoms with Crippen molar-refractivity contribution in [2.75, 3.05) is 53.0 Å². The maximum Gasteiger partial charge on any atom is 0.410 e. The van der Waals surface area contributed by atoms with Crippen molar-refractivity contribution in [3.05, 3.63) is 59.4 Å². The number of hydrogen-bond donors (Lipinski definition) is 0. The van der Waals surface area contributed by atoms with E-state index in [0.29, 0.717) is 73.7 Å². The van der Waals surface area contributed by atoms with E-state index in [2.05, 4.69) is 23.6 Å². The zero-order valence-electron chi connectivity index (χ0n) is 32.8. The fourth-order valence-electron chi connectivity index (χ4n) is 6.42. The molecule has 4 aromatic rings. The van der Waals surface area contributed by atoms with Crippen molar-refractivity contribution >= 4 is 17.6 Å². The van der Waals surface area contributed by atoms with Gasteiger partial charge in [-0.15, -0.1) is 5.10 Å². The molecule has 5 rings (SSSR count). The van der Waals surface area contributed by atoms with Gasteiger partial charge in [0.2, 0.25) is 0 Å². The second-order valence-corrected chi connectivity index (χ2v) is 14.4. The molecule has 0 aliphatic carbocycles. The van der Waals surface area contributed by atoms with Crippen LogP contribution in [0.25, 0.3) is 5.65 Å². The van der Waals surface area contributed by atoms with E-state index in [9.17, 15) is 4.79 Å². The second-order valence-electron chi connectivity index (χ2n) is 14.4. The Bertz CT molecular complexity index is 1790. The second kappa shape index (κ2) is 17.2. The lowest BCUT2D eigenvalue weighted by molar-refractivity contribution is 0.00435. The molecule has 0 spiro atoms. The zero-order valence-corrected chi connectivity index (χ0v) is 32.8. The van der Waals surface area contributed by atoms with Crippen molar-refractivity contribution in [1.29, 1.82) is 0 Å². The summed E-state index contributed by atoms with van der Waals surface area (Å²) < 4.78 is 36.5. The van der Waals surface area contributed by atoms with Gasteiger partial charge >= 0.3 is 12.1 Å². The van der Waals surface area contributed by atoms with Crippen LogP contribution in [-0.4, -0.2) is 101 Å². The number of nitrogens with zero attached hydrogens (tertiary/aromatic N) is 7. The topological polar surface area (TPSA) is 125 Å². The molecule has 1 aliphatic heterocycles. The lowest BCUT2D eigenvalue weighted by Gasteiger charge is -2.40. The molecule has 288 valence electrons. The number of piperazine rings is 1. The van der Waals surface area contributed by atoms with Gasteiger partial charge in [0.05, 0.1) is 46.4 Å². The van der Waals surface area contributed by atoms with Crippen molar-refractivity contribution in [1.82, 2.24) is 29.4 Å². The fraction of sp³-hybridized carbons (Fsp3) is 0.538. The Kier molecular flexibility index (Phi) is 12.8. The first-order valence-corrected chi connectivity index (χ1v) is 18.2. The molecule has 0 radical (unpaired) electrons. The van der Waals surface area contributed by atoms with Crippen LogP contribution in [-0.2, 0) is 24.4 Å². The Hall–Kier alpha value is -4.98. The van der Waals surface area contributed by atoms with Gasteiger partial charge in [0.1, 0.15) is 28.6 Å². The maximum atomic E-state index is 12.8. The minimum absolute atomic E-state index is 0.0741. The number of carbonyl (C=O) groups is 1. The molecule has 53 heavy (non-hydrogen) atoms. The molecule has 3 heterocycles. The van der Waals surface area contributed by atoms with E-state index in [1.807, 2.05) is 74.8 Å². The van der Waals surface area contributed by atoms with Gasteiger partial charge in [0.15, 0.2) is 11.5 Å². The molecule has 1 fully saturated rings. The first kappa shape index (κ1) is 39.2. The molecular formula is C39H55N7O7. The number of hydrogen-bond acceptors (Lipinski definition) is 12. The van der Waals surface area contributed by atoms with Gasteiger partial charge < -0.3 is 38.2 Å². The first-order valence-electron chi connectivity index (χ1n) is 18.2. The maximum absolute atomic E-state index is 12.8. The molecule has 2 aromatic carbocycles. The smallest absolute Gasteiger partial charge is 0.410 e. The van der Waals surface area contributed by atoms with Gasteiger partial charge in [-0.25, -0.2) is 14.3 Å². The zero-order chi connectivity index (χ0) is 38.3. The molecule has 2 atom stereocenters. The van der Waals surface area contributed by atoms with Crippen molar-refractivity contribution < 1.29 is 33.2 Å². The predicted octanol–water partition coefficient (Wildman–Crippen LogP) is 6.37. The highest BCUT2D eigenvalue weighted by molar-refractivity contribution is 5.68. The number of methoxy groups -OCH3 is 4. The minimum Gasteiger partial charge on any atom is -0.497 e. The van der Waals surface area contributed by atoms with Crippen molar-refractivity contribution in [2.24, 2.45) is 0 Å². The molecule has 1 unspecified atom stereocenters. The third-order valence-corrected chi connectivity index (χ3v) is 9.19. The monoisotopic (exact) mass is 733 g/mol. The van der Waals surface area contributed by atoms with E-state index >= 15 is 0 Å². The summed E-state index contributed by atoms with van der Waals surface area (Å²) in [5.41, 5.74) is 2.74. The summed E-state index contributed by atoms with van der Waals surface area (Å²) in [6, 6.07) is 11.9. The predicted molar refractivity (Wildman–Crippen MR) is 202 cm³/mol. The molecule has 1 aliphatic rings. The van der Waals surface area contributed by atoms with Crippen LogP contribution >= 0.6 is 0 Å². The fourth-order valence-corrected chi connectivity index (χ4v) is 6.42. The summed E-state index contributed by atoms with van der Waals surface area (Å²) in [7, 11) is 6.56. The van der Waals surface area contributed by atoms with Crippen LogP contribution < -0.4 is 28.6 Å². The number of carbonyl (C=O) groups excluding carboxylic acids is 1. The van der Waals surface area contributed by atoms with Crippen molar-refractivity contribution in [3.63, 3.8) is 0 Å². The van der Waals surface area contributed by atoms with Gasteiger partial charge in [-0.1, -0.05) is 13.3 Å². The number of benzene rings is 2. The van der Waals surface area contributed by atoms with Crippen LogP contribution in [0.4, 0.5) is 10.6 Å². The normalized spacial score (nSPS) is 15.6. The highest BCUT2D eigenvalue weighted by Crippen LogP contribution is 2.33. The lowest BCUT2D eigenvalue weighted by atomic mass is 10.1. The summed E-state index contributed by atoms with van der Waals surface area (Å²) in [6.07, 6.45) is 3.26. The highest BCUT2D eigenvalue weighted by Gasteiger charge is 2.31. The van der Waals surface area contributed by atoms with E-state index in [-0.39, 0.29) is 24.2 Å². The van der Waals surface area contributed by atoms with Gasteiger partial charge in [0.25, 0.3) is 0 Å². The molecular weight excluding hydrogens is 678 g/mol. The van der Waals surface area contributed by atoms with Crippen LogP contribution in [0.3, 0.4) is 0 Å². The number of amides is 1. The minimum atomic E-state index is -0.551. The molecule has 0 bridgehead atoms. The highest BCUT2D eigenvalue weighted by atomic mass is 16.6. The summed E-state index contributed by atoms with van der Waals surface area (Å²) in [6.45, 7) is 15.1. The van der Waals surface area contributed by atoms with E-state index in [1.165, 1.54) is 0 Å². The van der Waals surface area contributed by atoms with Gasteiger partial charge in [0, 0.05) is 68.6 Å². The SMILES string of the molecule is CCCC(C)Oc1nc(N(Cc2ccc(OC)cc2OC)Cc2ccc(OC)cc2OC)c2ncc(CN3CCN(C(=O)OC(C)(C)C)C[C@@H]3C)n2n1. The Morgan fingerprint density at radius 1 is 0.943 bits per heavy atom. The standard InChI is InChI=1S/C39H55N7O7/c1-11-12-27(3)52-37-41-36(35-40-21-30(46(35)42-37)25-43-17-18-44(22-26(43)2)38(47)53-39(4,5)6)45(23-28-13-15-31(48-7)19-33(28)50-9)24-29-14-16-32(49-8)20-34(29)51-10/h13-16,19-21,26-27H,11-12,17-18,22-25H2,1-10H3/t26-,27?/m0/s1. The number of anilines is 1. The van der Waals surface area contributed by atoms with Crippen LogP contribution in [0.2, 0.25) is 0 Å². The summed E-state index contributed by atoms with van der Waals surface area (Å²) >= 11 is 0. The van der Waals surface area contributed by atoms with E-state index < -0.39 is 5.60 Å². The molecule has 14 nitrogen and oxygen atoms in total. The third-order valence-electron chi connectivity index (χ3n) is 9.19. The Balaban J connectivity index is 1.56. The number of ether oxygens (including phenoxy) is 6. The Morgan fingerprint density at radius 3 is 2.09 bits per heavy atom. The van der Waals surface area contributed by atoms with E-state index in [1.54, 1.807) is 33.3 Å². The Labute approximate surface area is 312 Å². The number of aromatic nitrogens is 4. The van der Waals surface area contributed by atoms with E-state index in [0.717, 1.165) is 29.7 Å². The van der Waals surface area contributed by atoms with Gasteiger partial charge in [-0.3, -0.25) is 4.90 Å². The lowest BCUT2D eigenvalue weighted by Crippen LogP contribution is -2.54. The molecule has 2 aromatic heterocycles. The number of imidazole rings is 1. The average Bonchev–Trinajstić information content (AvgIpc) is 3.53.